The molecule has 4 amide bonds. The van der Waals surface area contributed by atoms with Crippen LogP contribution >= 0.6 is 0 Å². The van der Waals surface area contributed by atoms with Gasteiger partial charge in [0.05, 0.1) is 33.4 Å². The van der Waals surface area contributed by atoms with Gasteiger partial charge in [0.15, 0.2) is 0 Å². The van der Waals surface area contributed by atoms with Gasteiger partial charge in [0.2, 0.25) is 0 Å². The largest absolute Gasteiger partial charge is 0.423 e. The molecule has 0 spiro atoms. The number of hydrogen-bond acceptors (Lipinski definition) is 8. The van der Waals surface area contributed by atoms with Gasteiger partial charge in [0, 0.05) is 14.1 Å². The Kier molecular flexibility index (Phi) is 5.21. The maximum absolute atomic E-state index is 12.5. The van der Waals surface area contributed by atoms with Crippen LogP contribution in [-0.4, -0.2) is 59.5 Å². The molecule has 0 radical (unpaired) electrons. The normalized spacial score (nSPS) is 14.2. The number of fused-ring (bicyclic) bond motifs is 2. The van der Waals surface area contributed by atoms with Crippen LogP contribution in [0, 0.1) is 0 Å². The predicted molar refractivity (Wildman–Crippen MR) is 122 cm³/mol. The Morgan fingerprint density at radius 3 is 1.22 bits per heavy atom. The van der Waals surface area contributed by atoms with Crippen molar-refractivity contribution in [3.05, 3.63) is 94.0 Å². The summed E-state index contributed by atoms with van der Waals surface area (Å²) in [5.41, 5.74) is 0.882. The summed E-state index contributed by atoms with van der Waals surface area (Å²) in [7, 11) is 2.72. The van der Waals surface area contributed by atoms with E-state index < -0.39 is 35.6 Å². The molecular formula is C26H16N2O8. The quantitative estimate of drug-likeness (QED) is 0.314. The van der Waals surface area contributed by atoms with Crippen LogP contribution in [0.2, 0.25) is 0 Å². The molecule has 0 unspecified atom stereocenters. The van der Waals surface area contributed by atoms with Crippen LogP contribution in [0.5, 0.6) is 11.5 Å². The molecule has 0 aliphatic carbocycles. The van der Waals surface area contributed by atoms with Gasteiger partial charge < -0.3 is 9.47 Å². The van der Waals surface area contributed by atoms with Gasteiger partial charge in [-0.05, 0) is 60.7 Å². The second-order valence-corrected chi connectivity index (χ2v) is 8.11. The topological polar surface area (TPSA) is 127 Å². The van der Waals surface area contributed by atoms with E-state index in [4.69, 9.17) is 9.47 Å². The van der Waals surface area contributed by atoms with Crippen LogP contribution in [0.25, 0.3) is 0 Å². The van der Waals surface area contributed by atoms with Gasteiger partial charge in [-0.2, -0.15) is 0 Å². The molecule has 0 fully saturated rings. The second-order valence-electron chi connectivity index (χ2n) is 8.11. The fourth-order valence-corrected chi connectivity index (χ4v) is 3.88. The minimum absolute atomic E-state index is 0.0935. The van der Waals surface area contributed by atoms with Crippen LogP contribution in [0.3, 0.4) is 0 Å². The number of benzene rings is 3. The summed E-state index contributed by atoms with van der Waals surface area (Å²) in [5, 5.41) is 0. The monoisotopic (exact) mass is 484 g/mol. The Hall–Kier alpha value is -5.12. The Bertz CT molecular complexity index is 1410. The first-order valence-electron chi connectivity index (χ1n) is 10.6. The summed E-state index contributed by atoms with van der Waals surface area (Å²) >= 11 is 0. The zero-order valence-electron chi connectivity index (χ0n) is 18.9. The highest BCUT2D eigenvalue weighted by atomic mass is 16.5. The maximum Gasteiger partial charge on any atom is 0.343 e. The van der Waals surface area contributed by atoms with E-state index in [1.807, 2.05) is 0 Å². The molecule has 0 bridgehead atoms. The van der Waals surface area contributed by atoms with Crippen molar-refractivity contribution in [1.29, 1.82) is 0 Å². The zero-order chi connectivity index (χ0) is 25.7. The Labute approximate surface area is 203 Å². The van der Waals surface area contributed by atoms with Crippen molar-refractivity contribution in [2.45, 2.75) is 0 Å². The van der Waals surface area contributed by atoms with Gasteiger partial charge >= 0.3 is 11.9 Å². The van der Waals surface area contributed by atoms with Crippen molar-refractivity contribution in [2.24, 2.45) is 0 Å². The van der Waals surface area contributed by atoms with E-state index in [9.17, 15) is 28.8 Å². The molecule has 0 N–H and O–H groups in total. The summed E-state index contributed by atoms with van der Waals surface area (Å²) in [6.07, 6.45) is 0. The van der Waals surface area contributed by atoms with Crippen molar-refractivity contribution >= 4 is 35.6 Å². The van der Waals surface area contributed by atoms with Gasteiger partial charge in [0.1, 0.15) is 11.5 Å². The van der Waals surface area contributed by atoms with Crippen LogP contribution in [0.1, 0.15) is 62.1 Å². The minimum atomic E-state index is -0.736. The van der Waals surface area contributed by atoms with E-state index in [0.29, 0.717) is 0 Å². The van der Waals surface area contributed by atoms with E-state index in [1.54, 1.807) is 0 Å². The van der Waals surface area contributed by atoms with E-state index in [-0.39, 0.29) is 44.9 Å². The smallest absolute Gasteiger partial charge is 0.343 e. The molecule has 0 saturated heterocycles. The van der Waals surface area contributed by atoms with Crippen LogP contribution in [0.15, 0.2) is 60.7 Å². The van der Waals surface area contributed by atoms with E-state index in [2.05, 4.69) is 0 Å². The molecule has 10 nitrogen and oxygen atoms in total. The molecule has 2 aliphatic rings. The Morgan fingerprint density at radius 1 is 0.528 bits per heavy atom. The molecule has 178 valence electrons. The van der Waals surface area contributed by atoms with Gasteiger partial charge in [-0.1, -0.05) is 0 Å². The lowest BCUT2D eigenvalue weighted by atomic mass is 10.1. The first-order chi connectivity index (χ1) is 17.2. The van der Waals surface area contributed by atoms with Crippen LogP contribution in [0.4, 0.5) is 0 Å². The lowest BCUT2D eigenvalue weighted by molar-refractivity contribution is 0.0677. The average molecular weight is 484 g/mol. The molecule has 10 heteroatoms. The standard InChI is InChI=1S/C26H16N2O8/c1-27-21(29)17-9-3-13(11-19(17)23(27)31)25(33)35-15-5-7-16(8-6-15)36-26(34)14-4-10-18-20(12-14)24(32)28(2)22(18)30/h3-12H,1-2H3. The molecule has 0 atom stereocenters. The summed E-state index contributed by atoms with van der Waals surface area (Å²) in [6, 6.07) is 13.9. The molecule has 3 aromatic rings. The SMILES string of the molecule is CN1C(=O)c2ccc(C(=O)Oc3ccc(OC(=O)c4ccc5c(c4)C(=O)N(C)C5=O)cc3)cc2C1=O. The minimum Gasteiger partial charge on any atom is -0.423 e. The van der Waals surface area contributed by atoms with Crippen LogP contribution in [-0.2, 0) is 0 Å². The third-order valence-electron chi connectivity index (χ3n) is 5.90. The third-order valence-corrected chi connectivity index (χ3v) is 5.90. The summed E-state index contributed by atoms with van der Waals surface area (Å²) < 4.78 is 10.6. The van der Waals surface area contributed by atoms with Gasteiger partial charge in [-0.15, -0.1) is 0 Å². The molecule has 2 heterocycles. The van der Waals surface area contributed by atoms with Crippen molar-refractivity contribution < 1.29 is 38.2 Å². The lowest BCUT2D eigenvalue weighted by Crippen LogP contribution is -2.24. The first kappa shape index (κ1) is 22.7. The number of rotatable bonds is 4. The van der Waals surface area contributed by atoms with Crippen molar-refractivity contribution in [2.75, 3.05) is 14.1 Å². The number of hydrogen-bond donors (Lipinski definition) is 0. The Morgan fingerprint density at radius 2 is 0.861 bits per heavy atom. The highest BCUT2D eigenvalue weighted by Crippen LogP contribution is 2.26. The van der Waals surface area contributed by atoms with Gasteiger partial charge in [0.25, 0.3) is 23.6 Å². The molecule has 36 heavy (non-hydrogen) atoms. The molecule has 0 saturated carbocycles. The van der Waals surface area contributed by atoms with Gasteiger partial charge in [-0.3, -0.25) is 29.0 Å². The number of ether oxygens (including phenoxy) is 2. The zero-order valence-corrected chi connectivity index (χ0v) is 18.9. The molecule has 0 aromatic heterocycles. The summed E-state index contributed by atoms with van der Waals surface area (Å²) in [6.45, 7) is 0. The second kappa shape index (κ2) is 8.27. The lowest BCUT2D eigenvalue weighted by Gasteiger charge is -2.08. The van der Waals surface area contributed by atoms with E-state index in [0.717, 1.165) is 9.80 Å². The highest BCUT2D eigenvalue weighted by Gasteiger charge is 2.34. The number of esters is 2. The average Bonchev–Trinajstić information content (AvgIpc) is 3.24. The number of carbonyl (C=O) groups excluding carboxylic acids is 6. The third kappa shape index (κ3) is 3.61. The van der Waals surface area contributed by atoms with Gasteiger partial charge in [-0.25, -0.2) is 9.59 Å². The number of carbonyl (C=O) groups is 6. The summed E-state index contributed by atoms with van der Waals surface area (Å²) in [5.74, 6) is -3.03. The van der Waals surface area contributed by atoms with E-state index in [1.165, 1.54) is 74.8 Å². The number of nitrogens with zero attached hydrogens (tertiary/aromatic N) is 2. The van der Waals surface area contributed by atoms with Crippen LogP contribution < -0.4 is 9.47 Å². The molecule has 3 aromatic carbocycles. The maximum atomic E-state index is 12.5. The molecule has 5 rings (SSSR count). The number of amides is 4. The summed E-state index contributed by atoms with van der Waals surface area (Å²) in [4.78, 5) is 75.3. The predicted octanol–water partition coefficient (Wildman–Crippen LogP) is 2.58. The fourth-order valence-electron chi connectivity index (χ4n) is 3.88. The van der Waals surface area contributed by atoms with Crippen molar-refractivity contribution in [1.82, 2.24) is 9.80 Å². The fraction of sp³-hybridized carbons (Fsp3) is 0.0769. The Balaban J connectivity index is 1.26. The van der Waals surface area contributed by atoms with Crippen molar-refractivity contribution in [3.63, 3.8) is 0 Å². The molecule has 2 aliphatic heterocycles. The first-order valence-corrected chi connectivity index (χ1v) is 10.6. The number of imide groups is 2. The molecular weight excluding hydrogens is 468 g/mol. The highest BCUT2D eigenvalue weighted by molar-refractivity contribution is 6.22. The van der Waals surface area contributed by atoms with E-state index >= 15 is 0 Å². The van der Waals surface area contributed by atoms with Crippen molar-refractivity contribution in [3.8, 4) is 11.5 Å².